The molecule has 0 aliphatic carbocycles. The van der Waals surface area contributed by atoms with Crippen molar-refractivity contribution in [2.24, 2.45) is 0 Å². The smallest absolute Gasteiger partial charge is 0.323 e. The van der Waals surface area contributed by atoms with Gasteiger partial charge in [-0.15, -0.1) is 5.10 Å². The molecule has 3 aromatic rings. The number of anilines is 4. The number of amides is 2. The van der Waals surface area contributed by atoms with Crippen molar-refractivity contribution in [3.8, 4) is 5.75 Å². The maximum Gasteiger partial charge on any atom is 0.323 e. The van der Waals surface area contributed by atoms with Gasteiger partial charge in [0.2, 0.25) is 0 Å². The molecule has 2 aromatic carbocycles. The van der Waals surface area contributed by atoms with Gasteiger partial charge in [0.1, 0.15) is 5.75 Å². The molecule has 7 heteroatoms. The van der Waals surface area contributed by atoms with Gasteiger partial charge in [0, 0.05) is 17.1 Å². The monoisotopic (exact) mass is 349 g/mol. The molecule has 0 spiro atoms. The summed E-state index contributed by atoms with van der Waals surface area (Å²) in [6.45, 7) is 1.88. The SMILES string of the molecule is COc1ccc(NC(=O)Nc2ccc(Nc3ccc(C)nn3)cc2)cc1. The molecule has 0 aliphatic heterocycles. The maximum absolute atomic E-state index is 12.1. The van der Waals surface area contributed by atoms with Crippen LogP contribution in [0, 0.1) is 6.92 Å². The predicted octanol–water partition coefficient (Wildman–Crippen LogP) is 4.18. The van der Waals surface area contributed by atoms with Gasteiger partial charge in [0.05, 0.1) is 12.8 Å². The van der Waals surface area contributed by atoms with E-state index in [1.54, 1.807) is 43.5 Å². The minimum atomic E-state index is -0.319. The van der Waals surface area contributed by atoms with Crippen molar-refractivity contribution in [3.63, 3.8) is 0 Å². The van der Waals surface area contributed by atoms with Crippen molar-refractivity contribution >= 4 is 28.9 Å². The number of benzene rings is 2. The summed E-state index contributed by atoms with van der Waals surface area (Å²) in [7, 11) is 1.60. The summed E-state index contributed by atoms with van der Waals surface area (Å²) < 4.78 is 5.09. The Morgan fingerprint density at radius 1 is 0.808 bits per heavy atom. The quantitative estimate of drug-likeness (QED) is 0.643. The second-order valence-corrected chi connectivity index (χ2v) is 5.57. The van der Waals surface area contributed by atoms with Crippen LogP contribution in [0.5, 0.6) is 5.75 Å². The lowest BCUT2D eigenvalue weighted by Gasteiger charge is -2.09. The van der Waals surface area contributed by atoms with Crippen molar-refractivity contribution in [1.29, 1.82) is 0 Å². The summed E-state index contributed by atoms with van der Waals surface area (Å²) in [5.41, 5.74) is 3.07. The fourth-order valence-corrected chi connectivity index (χ4v) is 2.22. The largest absolute Gasteiger partial charge is 0.497 e. The number of aryl methyl sites for hydroxylation is 1. The molecule has 3 N–H and O–H groups in total. The van der Waals surface area contributed by atoms with Crippen molar-refractivity contribution < 1.29 is 9.53 Å². The minimum Gasteiger partial charge on any atom is -0.497 e. The molecule has 7 nitrogen and oxygen atoms in total. The highest BCUT2D eigenvalue weighted by Crippen LogP contribution is 2.18. The Kier molecular flexibility index (Phi) is 5.28. The number of carbonyl (C=O) groups excluding carboxylic acids is 1. The third kappa shape index (κ3) is 4.70. The summed E-state index contributed by atoms with van der Waals surface area (Å²) in [6.07, 6.45) is 0. The van der Waals surface area contributed by atoms with E-state index in [0.29, 0.717) is 17.2 Å². The molecule has 0 fully saturated rings. The number of urea groups is 1. The number of nitrogens with one attached hydrogen (secondary N) is 3. The summed E-state index contributed by atoms with van der Waals surface area (Å²) in [5.74, 6) is 1.39. The number of hydrogen-bond acceptors (Lipinski definition) is 5. The van der Waals surface area contributed by atoms with E-state index >= 15 is 0 Å². The molecule has 0 radical (unpaired) electrons. The van der Waals surface area contributed by atoms with E-state index in [1.165, 1.54) is 0 Å². The number of ether oxygens (including phenoxy) is 1. The van der Waals surface area contributed by atoms with E-state index in [9.17, 15) is 4.79 Å². The first-order valence-corrected chi connectivity index (χ1v) is 8.02. The van der Waals surface area contributed by atoms with Gasteiger partial charge >= 0.3 is 6.03 Å². The molecule has 0 bridgehead atoms. The fraction of sp³-hybridized carbons (Fsp3) is 0.105. The average molecular weight is 349 g/mol. The lowest BCUT2D eigenvalue weighted by atomic mass is 10.2. The van der Waals surface area contributed by atoms with Gasteiger partial charge in [-0.2, -0.15) is 5.10 Å². The Hall–Kier alpha value is -3.61. The lowest BCUT2D eigenvalue weighted by molar-refractivity contribution is 0.262. The van der Waals surface area contributed by atoms with E-state index < -0.39 is 0 Å². The van der Waals surface area contributed by atoms with E-state index in [1.807, 2.05) is 31.2 Å². The normalized spacial score (nSPS) is 10.1. The van der Waals surface area contributed by atoms with Crippen LogP contribution in [0.15, 0.2) is 60.7 Å². The van der Waals surface area contributed by atoms with Gasteiger partial charge < -0.3 is 20.7 Å². The van der Waals surface area contributed by atoms with Gasteiger partial charge in [0.15, 0.2) is 5.82 Å². The molecule has 1 heterocycles. The molecule has 0 aliphatic rings. The van der Waals surface area contributed by atoms with Crippen LogP contribution in [-0.4, -0.2) is 23.3 Å². The zero-order valence-electron chi connectivity index (χ0n) is 14.5. The number of carbonyl (C=O) groups is 1. The Bertz CT molecular complexity index is 862. The van der Waals surface area contributed by atoms with Gasteiger partial charge in [-0.05, 0) is 67.6 Å². The molecule has 1 aromatic heterocycles. The molecule has 26 heavy (non-hydrogen) atoms. The first-order chi connectivity index (χ1) is 12.6. The van der Waals surface area contributed by atoms with Crippen molar-refractivity contribution in [2.45, 2.75) is 6.92 Å². The van der Waals surface area contributed by atoms with Crippen molar-refractivity contribution in [3.05, 3.63) is 66.4 Å². The topological polar surface area (TPSA) is 88.2 Å². The summed E-state index contributed by atoms with van der Waals surface area (Å²) >= 11 is 0. The molecule has 0 unspecified atom stereocenters. The predicted molar refractivity (Wildman–Crippen MR) is 102 cm³/mol. The molecular formula is C19H19N5O2. The van der Waals surface area contributed by atoms with Crippen molar-refractivity contribution in [1.82, 2.24) is 10.2 Å². The number of methoxy groups -OCH3 is 1. The van der Waals surface area contributed by atoms with Crippen LogP contribution in [0.3, 0.4) is 0 Å². The van der Waals surface area contributed by atoms with Crippen LogP contribution < -0.4 is 20.7 Å². The van der Waals surface area contributed by atoms with Crippen molar-refractivity contribution in [2.75, 3.05) is 23.1 Å². The second-order valence-electron chi connectivity index (χ2n) is 5.57. The highest BCUT2D eigenvalue weighted by molar-refractivity contribution is 5.99. The van der Waals surface area contributed by atoms with E-state index in [4.69, 9.17) is 4.74 Å². The fourth-order valence-electron chi connectivity index (χ4n) is 2.22. The van der Waals surface area contributed by atoms with Gasteiger partial charge in [-0.3, -0.25) is 0 Å². The first-order valence-electron chi connectivity index (χ1n) is 8.02. The highest BCUT2D eigenvalue weighted by atomic mass is 16.5. The number of nitrogens with zero attached hydrogens (tertiary/aromatic N) is 2. The zero-order chi connectivity index (χ0) is 18.4. The summed E-state index contributed by atoms with van der Waals surface area (Å²) in [6, 6.07) is 17.8. The van der Waals surface area contributed by atoms with Crippen LogP contribution in [0.1, 0.15) is 5.69 Å². The van der Waals surface area contributed by atoms with Gasteiger partial charge in [0.25, 0.3) is 0 Å². The second kappa shape index (κ2) is 7.98. The highest BCUT2D eigenvalue weighted by Gasteiger charge is 2.04. The van der Waals surface area contributed by atoms with Crippen LogP contribution >= 0.6 is 0 Å². The van der Waals surface area contributed by atoms with Crippen LogP contribution in [-0.2, 0) is 0 Å². The number of hydrogen-bond donors (Lipinski definition) is 3. The Morgan fingerprint density at radius 3 is 1.92 bits per heavy atom. The summed E-state index contributed by atoms with van der Waals surface area (Å²) in [5, 5.41) is 16.7. The van der Waals surface area contributed by atoms with E-state index in [2.05, 4.69) is 26.1 Å². The molecule has 0 saturated carbocycles. The maximum atomic E-state index is 12.1. The zero-order valence-corrected chi connectivity index (χ0v) is 14.5. The number of aromatic nitrogens is 2. The average Bonchev–Trinajstić information content (AvgIpc) is 2.66. The lowest BCUT2D eigenvalue weighted by Crippen LogP contribution is -2.19. The number of rotatable bonds is 5. The molecule has 3 rings (SSSR count). The molecule has 132 valence electrons. The van der Waals surface area contributed by atoms with Crippen LogP contribution in [0.4, 0.5) is 27.7 Å². The summed E-state index contributed by atoms with van der Waals surface area (Å²) in [4.78, 5) is 12.1. The standard InChI is InChI=1S/C19H19N5O2/c1-13-3-12-18(24-23-13)20-14-4-6-15(7-5-14)21-19(25)22-16-8-10-17(26-2)11-9-16/h3-12H,1-2H3,(H,20,24)(H2,21,22,25). The first kappa shape index (κ1) is 17.2. The van der Waals surface area contributed by atoms with Gasteiger partial charge in [-0.25, -0.2) is 4.79 Å². The molecular weight excluding hydrogens is 330 g/mol. The minimum absolute atomic E-state index is 0.319. The van der Waals surface area contributed by atoms with Crippen LogP contribution in [0.2, 0.25) is 0 Å². The van der Waals surface area contributed by atoms with Gasteiger partial charge in [-0.1, -0.05) is 0 Å². The third-order valence-electron chi connectivity index (χ3n) is 3.56. The Balaban J connectivity index is 1.56. The van der Waals surface area contributed by atoms with E-state index in [-0.39, 0.29) is 6.03 Å². The molecule has 0 atom stereocenters. The third-order valence-corrected chi connectivity index (χ3v) is 3.56. The molecule has 2 amide bonds. The molecule has 0 saturated heterocycles. The Morgan fingerprint density at radius 2 is 1.38 bits per heavy atom. The van der Waals surface area contributed by atoms with E-state index in [0.717, 1.165) is 17.1 Å². The van der Waals surface area contributed by atoms with Crippen LogP contribution in [0.25, 0.3) is 0 Å². The Labute approximate surface area is 151 Å².